The van der Waals surface area contributed by atoms with Crippen LogP contribution in [0.2, 0.25) is 0 Å². The molecule has 0 aliphatic carbocycles. The van der Waals surface area contributed by atoms with Gasteiger partial charge in [-0.05, 0) is 43.9 Å². The number of anilines is 3. The number of amides is 1. The number of hydrogen-bond acceptors (Lipinski definition) is 7. The SMILES string of the molecule is CCCCOc1nc(N)c2c(n1)N(Cc1cccc(CN3CCCC3C)c1)CC(=O)N2. The third-order valence-electron chi connectivity index (χ3n) is 5.97. The summed E-state index contributed by atoms with van der Waals surface area (Å²) < 4.78 is 5.68. The molecule has 4 rings (SSSR count). The average molecular weight is 425 g/mol. The minimum atomic E-state index is -0.121. The summed E-state index contributed by atoms with van der Waals surface area (Å²) in [7, 11) is 0. The Hall–Kier alpha value is -2.87. The van der Waals surface area contributed by atoms with E-state index in [0.717, 1.165) is 31.5 Å². The molecule has 2 aromatic rings. The van der Waals surface area contributed by atoms with Gasteiger partial charge in [0.25, 0.3) is 0 Å². The van der Waals surface area contributed by atoms with Crippen molar-refractivity contribution in [1.82, 2.24) is 14.9 Å². The second-order valence-electron chi connectivity index (χ2n) is 8.48. The van der Waals surface area contributed by atoms with Crippen LogP contribution < -0.4 is 20.7 Å². The number of carbonyl (C=O) groups is 1. The van der Waals surface area contributed by atoms with Crippen LogP contribution in [0, 0.1) is 0 Å². The lowest BCUT2D eigenvalue weighted by molar-refractivity contribution is -0.115. The molecule has 0 spiro atoms. The van der Waals surface area contributed by atoms with Gasteiger partial charge in [-0.15, -0.1) is 0 Å². The van der Waals surface area contributed by atoms with Crippen LogP contribution in [0.1, 0.15) is 50.7 Å². The van der Waals surface area contributed by atoms with Crippen molar-refractivity contribution in [2.24, 2.45) is 0 Å². The maximum atomic E-state index is 12.3. The number of rotatable bonds is 8. The molecule has 2 aliphatic rings. The van der Waals surface area contributed by atoms with Crippen molar-refractivity contribution in [2.75, 3.05) is 35.6 Å². The zero-order chi connectivity index (χ0) is 21.8. The molecule has 1 aromatic carbocycles. The fraction of sp³-hybridized carbons (Fsp3) is 0.522. The molecule has 0 radical (unpaired) electrons. The second kappa shape index (κ2) is 9.51. The zero-order valence-corrected chi connectivity index (χ0v) is 18.4. The highest BCUT2D eigenvalue weighted by atomic mass is 16.5. The summed E-state index contributed by atoms with van der Waals surface area (Å²) >= 11 is 0. The summed E-state index contributed by atoms with van der Waals surface area (Å²) in [5.41, 5.74) is 9.00. The van der Waals surface area contributed by atoms with Gasteiger partial charge in [0.2, 0.25) is 5.91 Å². The quantitative estimate of drug-likeness (QED) is 0.628. The van der Waals surface area contributed by atoms with Crippen LogP contribution in [0.25, 0.3) is 0 Å². The monoisotopic (exact) mass is 424 g/mol. The summed E-state index contributed by atoms with van der Waals surface area (Å²) in [6, 6.07) is 9.46. The van der Waals surface area contributed by atoms with E-state index >= 15 is 0 Å². The largest absolute Gasteiger partial charge is 0.463 e. The number of fused-ring (bicyclic) bond motifs is 1. The van der Waals surface area contributed by atoms with E-state index in [9.17, 15) is 4.79 Å². The number of nitrogen functional groups attached to an aromatic ring is 1. The first-order valence-corrected chi connectivity index (χ1v) is 11.2. The molecule has 1 aromatic heterocycles. The van der Waals surface area contributed by atoms with Crippen molar-refractivity contribution >= 4 is 23.2 Å². The molecule has 0 saturated carbocycles. The van der Waals surface area contributed by atoms with Crippen molar-refractivity contribution in [2.45, 2.75) is 58.7 Å². The number of hydrogen-bond donors (Lipinski definition) is 2. The van der Waals surface area contributed by atoms with E-state index in [1.54, 1.807) is 0 Å². The first-order chi connectivity index (χ1) is 15.0. The maximum absolute atomic E-state index is 12.3. The van der Waals surface area contributed by atoms with Crippen molar-refractivity contribution in [3.8, 4) is 6.01 Å². The van der Waals surface area contributed by atoms with Crippen LogP contribution in [0.4, 0.5) is 17.3 Å². The van der Waals surface area contributed by atoms with Crippen molar-refractivity contribution < 1.29 is 9.53 Å². The van der Waals surface area contributed by atoms with Gasteiger partial charge in [0.05, 0.1) is 13.2 Å². The highest BCUT2D eigenvalue weighted by molar-refractivity contribution is 6.03. The first-order valence-electron chi connectivity index (χ1n) is 11.2. The third-order valence-corrected chi connectivity index (χ3v) is 5.97. The number of carbonyl (C=O) groups excluding carboxylic acids is 1. The molecule has 1 unspecified atom stereocenters. The van der Waals surface area contributed by atoms with Gasteiger partial charge in [0.1, 0.15) is 5.69 Å². The standard InChI is InChI=1S/C23H32N6O2/c1-3-4-11-31-23-26-21(24)20-22(27-23)29(15-19(30)25-20)14-18-9-5-8-17(12-18)13-28-10-6-7-16(28)2/h5,8-9,12,16H,3-4,6-7,10-11,13-15H2,1-2H3,(H,25,30)(H2,24,26,27). The summed E-state index contributed by atoms with van der Waals surface area (Å²) in [6.45, 7) is 7.82. The predicted octanol–water partition coefficient (Wildman–Crippen LogP) is 3.18. The lowest BCUT2D eigenvalue weighted by Gasteiger charge is -2.30. The van der Waals surface area contributed by atoms with Gasteiger partial charge < -0.3 is 20.7 Å². The van der Waals surface area contributed by atoms with Crippen LogP contribution in [0.3, 0.4) is 0 Å². The second-order valence-corrected chi connectivity index (χ2v) is 8.48. The van der Waals surface area contributed by atoms with E-state index in [1.165, 1.54) is 18.4 Å². The Bertz CT molecular complexity index is 934. The Balaban J connectivity index is 1.54. The highest BCUT2D eigenvalue weighted by Gasteiger charge is 2.27. The molecule has 1 fully saturated rings. The van der Waals surface area contributed by atoms with Gasteiger partial charge in [-0.1, -0.05) is 37.6 Å². The maximum Gasteiger partial charge on any atom is 0.320 e. The topological polar surface area (TPSA) is 96.6 Å². The Morgan fingerprint density at radius 1 is 1.26 bits per heavy atom. The fourth-order valence-electron chi connectivity index (χ4n) is 4.23. The molecular weight excluding hydrogens is 392 g/mol. The number of aromatic nitrogens is 2. The number of nitrogens with one attached hydrogen (secondary N) is 1. The lowest BCUT2D eigenvalue weighted by atomic mass is 10.1. The molecule has 1 atom stereocenters. The molecule has 0 bridgehead atoms. The van der Waals surface area contributed by atoms with E-state index in [2.05, 4.69) is 58.3 Å². The molecule has 8 heteroatoms. The molecule has 166 valence electrons. The Labute approximate surface area is 183 Å². The van der Waals surface area contributed by atoms with Crippen molar-refractivity contribution in [1.29, 1.82) is 0 Å². The predicted molar refractivity (Wildman–Crippen MR) is 122 cm³/mol. The van der Waals surface area contributed by atoms with Gasteiger partial charge in [-0.25, -0.2) is 0 Å². The molecule has 3 N–H and O–H groups in total. The number of unbranched alkanes of at least 4 members (excludes halogenated alkanes) is 1. The van der Waals surface area contributed by atoms with Gasteiger partial charge >= 0.3 is 6.01 Å². The molecule has 3 heterocycles. The number of nitrogens with zero attached hydrogens (tertiary/aromatic N) is 4. The normalized spacial score (nSPS) is 18.7. The summed E-state index contributed by atoms with van der Waals surface area (Å²) in [5, 5.41) is 2.81. The number of likely N-dealkylation sites (tertiary alicyclic amines) is 1. The van der Waals surface area contributed by atoms with Gasteiger partial charge in [-0.2, -0.15) is 9.97 Å². The zero-order valence-electron chi connectivity index (χ0n) is 18.4. The van der Waals surface area contributed by atoms with E-state index in [0.29, 0.717) is 30.7 Å². The average Bonchev–Trinajstić information content (AvgIpc) is 3.14. The first kappa shape index (κ1) is 21.4. The Morgan fingerprint density at radius 2 is 2.06 bits per heavy atom. The number of nitrogens with two attached hydrogens (primary N) is 1. The molecule has 2 aliphatic heterocycles. The van der Waals surface area contributed by atoms with Gasteiger partial charge in [0, 0.05) is 19.1 Å². The van der Waals surface area contributed by atoms with Crippen LogP contribution in [0.5, 0.6) is 6.01 Å². The lowest BCUT2D eigenvalue weighted by Crippen LogP contribution is -2.39. The summed E-state index contributed by atoms with van der Waals surface area (Å²) in [6.07, 6.45) is 4.48. The third kappa shape index (κ3) is 5.07. The van der Waals surface area contributed by atoms with Gasteiger partial charge in [-0.3, -0.25) is 9.69 Å². The Morgan fingerprint density at radius 3 is 2.81 bits per heavy atom. The fourth-order valence-corrected chi connectivity index (χ4v) is 4.23. The smallest absolute Gasteiger partial charge is 0.320 e. The van der Waals surface area contributed by atoms with E-state index in [1.807, 2.05) is 4.90 Å². The summed E-state index contributed by atoms with van der Waals surface area (Å²) in [5.74, 6) is 0.716. The van der Waals surface area contributed by atoms with Crippen LogP contribution in [0.15, 0.2) is 24.3 Å². The molecular formula is C23H32N6O2. The van der Waals surface area contributed by atoms with Crippen LogP contribution >= 0.6 is 0 Å². The van der Waals surface area contributed by atoms with E-state index < -0.39 is 0 Å². The van der Waals surface area contributed by atoms with Crippen molar-refractivity contribution in [3.63, 3.8) is 0 Å². The number of ether oxygens (including phenoxy) is 1. The van der Waals surface area contributed by atoms with Crippen molar-refractivity contribution in [3.05, 3.63) is 35.4 Å². The minimum absolute atomic E-state index is 0.121. The molecule has 8 nitrogen and oxygen atoms in total. The highest BCUT2D eigenvalue weighted by Crippen LogP contribution is 2.34. The van der Waals surface area contributed by atoms with Crippen LogP contribution in [-0.2, 0) is 17.9 Å². The molecule has 1 saturated heterocycles. The minimum Gasteiger partial charge on any atom is -0.463 e. The number of benzene rings is 1. The molecule has 31 heavy (non-hydrogen) atoms. The molecule has 1 amide bonds. The van der Waals surface area contributed by atoms with Crippen LogP contribution in [-0.4, -0.2) is 46.5 Å². The van der Waals surface area contributed by atoms with Gasteiger partial charge in [0.15, 0.2) is 11.6 Å². The van der Waals surface area contributed by atoms with E-state index in [4.69, 9.17) is 10.5 Å². The summed E-state index contributed by atoms with van der Waals surface area (Å²) in [4.78, 5) is 25.5. The Kier molecular flexibility index (Phi) is 6.56. The van der Waals surface area contributed by atoms with E-state index in [-0.39, 0.29) is 24.3 Å².